The summed E-state index contributed by atoms with van der Waals surface area (Å²) >= 11 is 0. The van der Waals surface area contributed by atoms with Crippen molar-refractivity contribution in [2.75, 3.05) is 28.4 Å². The Bertz CT molecular complexity index is 701. The van der Waals surface area contributed by atoms with Crippen LogP contribution in [-0.4, -0.2) is 34.2 Å². The summed E-state index contributed by atoms with van der Waals surface area (Å²) in [6.07, 6.45) is 0. The minimum absolute atomic E-state index is 0.0630. The van der Waals surface area contributed by atoms with E-state index in [0.29, 0.717) is 45.3 Å². The number of carbonyl (C=O) groups excluding carboxylic acids is 1. The van der Waals surface area contributed by atoms with Crippen molar-refractivity contribution in [1.82, 2.24) is 0 Å². The normalized spacial score (nSPS) is 11.7. The van der Waals surface area contributed by atoms with Gasteiger partial charge in [0.1, 0.15) is 0 Å². The molecule has 0 saturated heterocycles. The second-order valence-corrected chi connectivity index (χ2v) is 4.78. The van der Waals surface area contributed by atoms with Gasteiger partial charge in [-0.3, -0.25) is 4.79 Å². The number of hydrogen-bond acceptors (Lipinski definition) is 5. The van der Waals surface area contributed by atoms with Gasteiger partial charge in [-0.1, -0.05) is 0 Å². The number of ketones is 1. The van der Waals surface area contributed by atoms with Crippen molar-refractivity contribution >= 4 is 5.78 Å². The number of hydrogen-bond donors (Lipinski definition) is 0. The third kappa shape index (κ3) is 1.75. The van der Waals surface area contributed by atoms with Crippen molar-refractivity contribution in [2.24, 2.45) is 0 Å². The van der Waals surface area contributed by atoms with Crippen molar-refractivity contribution < 1.29 is 23.7 Å². The zero-order chi connectivity index (χ0) is 15.9. The van der Waals surface area contributed by atoms with E-state index in [4.69, 9.17) is 18.9 Å². The molecule has 0 saturated carbocycles. The van der Waals surface area contributed by atoms with Crippen LogP contribution in [0.15, 0.2) is 24.3 Å². The molecule has 5 heteroatoms. The highest BCUT2D eigenvalue weighted by molar-refractivity contribution is 6.24. The maximum atomic E-state index is 12.6. The molecule has 3 rings (SSSR count). The van der Waals surface area contributed by atoms with E-state index >= 15 is 0 Å². The van der Waals surface area contributed by atoms with Crippen molar-refractivity contribution in [3.05, 3.63) is 35.4 Å². The lowest BCUT2D eigenvalue weighted by molar-refractivity contribution is 0.104. The number of benzene rings is 2. The van der Waals surface area contributed by atoms with Crippen molar-refractivity contribution in [1.29, 1.82) is 0 Å². The Balaban J connectivity index is 2.42. The SMILES string of the molecule is COc1ccc2c(c1OC)-c1c(ccc(OC)c1OC)C2=O. The van der Waals surface area contributed by atoms with Crippen LogP contribution in [-0.2, 0) is 0 Å². The van der Waals surface area contributed by atoms with Crippen LogP contribution < -0.4 is 18.9 Å². The average Bonchev–Trinajstić information content (AvgIpc) is 2.86. The van der Waals surface area contributed by atoms with Gasteiger partial charge < -0.3 is 18.9 Å². The summed E-state index contributed by atoms with van der Waals surface area (Å²) in [5, 5.41) is 0. The topological polar surface area (TPSA) is 54.0 Å². The van der Waals surface area contributed by atoms with Gasteiger partial charge in [-0.25, -0.2) is 0 Å². The maximum Gasteiger partial charge on any atom is 0.194 e. The fourth-order valence-corrected chi connectivity index (χ4v) is 2.87. The fourth-order valence-electron chi connectivity index (χ4n) is 2.87. The van der Waals surface area contributed by atoms with Gasteiger partial charge in [-0.05, 0) is 24.3 Å². The van der Waals surface area contributed by atoms with Crippen molar-refractivity contribution in [2.45, 2.75) is 0 Å². The van der Waals surface area contributed by atoms with Gasteiger partial charge in [0.05, 0.1) is 28.4 Å². The molecule has 1 aliphatic rings. The molecule has 0 fully saturated rings. The highest BCUT2D eigenvalue weighted by atomic mass is 16.5. The number of carbonyl (C=O) groups is 1. The molecule has 114 valence electrons. The standard InChI is InChI=1S/C17H16O5/c1-19-11-7-5-9-13(16(11)21-3)14-10(15(9)18)6-8-12(20-2)17(14)22-4/h5-8H,1-4H3. The van der Waals surface area contributed by atoms with E-state index in [0.717, 1.165) is 0 Å². The minimum atomic E-state index is -0.0630. The maximum absolute atomic E-state index is 12.6. The lowest BCUT2D eigenvalue weighted by atomic mass is 10.0. The number of ether oxygens (including phenoxy) is 4. The lowest BCUT2D eigenvalue weighted by Gasteiger charge is -2.15. The van der Waals surface area contributed by atoms with E-state index in [1.807, 2.05) is 0 Å². The van der Waals surface area contributed by atoms with Crippen molar-refractivity contribution in [3.63, 3.8) is 0 Å². The molecule has 0 atom stereocenters. The Morgan fingerprint density at radius 1 is 0.636 bits per heavy atom. The molecule has 0 unspecified atom stereocenters. The predicted molar refractivity (Wildman–Crippen MR) is 81.5 cm³/mol. The minimum Gasteiger partial charge on any atom is -0.493 e. The molecule has 1 aliphatic carbocycles. The third-order valence-corrected chi connectivity index (χ3v) is 3.83. The highest BCUT2D eigenvalue weighted by Gasteiger charge is 2.35. The van der Waals surface area contributed by atoms with Crippen LogP contribution in [0.5, 0.6) is 23.0 Å². The van der Waals surface area contributed by atoms with Crippen LogP contribution in [0.4, 0.5) is 0 Å². The summed E-state index contributed by atoms with van der Waals surface area (Å²) in [5.41, 5.74) is 2.49. The molecule has 5 nitrogen and oxygen atoms in total. The summed E-state index contributed by atoms with van der Waals surface area (Å²) in [6, 6.07) is 6.94. The zero-order valence-electron chi connectivity index (χ0n) is 12.9. The van der Waals surface area contributed by atoms with Gasteiger partial charge in [0.25, 0.3) is 0 Å². The first-order valence-electron chi connectivity index (χ1n) is 6.72. The summed E-state index contributed by atoms with van der Waals surface area (Å²) in [5.74, 6) is 2.09. The molecule has 0 aliphatic heterocycles. The van der Waals surface area contributed by atoms with E-state index in [1.54, 1.807) is 52.7 Å². The average molecular weight is 300 g/mol. The van der Waals surface area contributed by atoms with Crippen LogP contribution in [0, 0.1) is 0 Å². The number of methoxy groups -OCH3 is 4. The van der Waals surface area contributed by atoms with Gasteiger partial charge in [0.2, 0.25) is 0 Å². The van der Waals surface area contributed by atoms with Crippen LogP contribution >= 0.6 is 0 Å². The second kappa shape index (κ2) is 5.26. The molecular formula is C17H16O5. The van der Waals surface area contributed by atoms with Crippen LogP contribution in [0.1, 0.15) is 15.9 Å². The van der Waals surface area contributed by atoms with E-state index < -0.39 is 0 Å². The molecule has 0 N–H and O–H groups in total. The molecular weight excluding hydrogens is 284 g/mol. The summed E-state index contributed by atoms with van der Waals surface area (Å²) in [6.45, 7) is 0. The van der Waals surface area contributed by atoms with Gasteiger partial charge >= 0.3 is 0 Å². The second-order valence-electron chi connectivity index (χ2n) is 4.78. The van der Waals surface area contributed by atoms with E-state index in [1.165, 1.54) is 0 Å². The van der Waals surface area contributed by atoms with Gasteiger partial charge in [-0.2, -0.15) is 0 Å². The first-order valence-corrected chi connectivity index (χ1v) is 6.72. The largest absolute Gasteiger partial charge is 0.493 e. The highest BCUT2D eigenvalue weighted by Crippen LogP contribution is 2.52. The molecule has 0 amide bonds. The summed E-state index contributed by atoms with van der Waals surface area (Å²) in [7, 11) is 6.22. The Hall–Kier alpha value is -2.69. The number of fused-ring (bicyclic) bond motifs is 3. The van der Waals surface area contributed by atoms with Crippen LogP contribution in [0.3, 0.4) is 0 Å². The van der Waals surface area contributed by atoms with Gasteiger partial charge in [-0.15, -0.1) is 0 Å². The first kappa shape index (κ1) is 14.3. The van der Waals surface area contributed by atoms with Gasteiger partial charge in [0.15, 0.2) is 28.8 Å². The Labute approximate surface area is 128 Å². The third-order valence-electron chi connectivity index (χ3n) is 3.83. The van der Waals surface area contributed by atoms with E-state index in [2.05, 4.69) is 0 Å². The zero-order valence-corrected chi connectivity index (χ0v) is 12.9. The van der Waals surface area contributed by atoms with E-state index in [9.17, 15) is 4.79 Å². The molecule has 22 heavy (non-hydrogen) atoms. The molecule has 0 heterocycles. The monoisotopic (exact) mass is 300 g/mol. The molecule has 2 aromatic rings. The predicted octanol–water partition coefficient (Wildman–Crippen LogP) is 2.93. The summed E-state index contributed by atoms with van der Waals surface area (Å²) in [4.78, 5) is 12.6. The van der Waals surface area contributed by atoms with Gasteiger partial charge in [0, 0.05) is 22.3 Å². The first-order chi connectivity index (χ1) is 10.7. The fraction of sp³-hybridized carbons (Fsp3) is 0.235. The Morgan fingerprint density at radius 2 is 1.05 bits per heavy atom. The quantitative estimate of drug-likeness (QED) is 0.741. The molecule has 0 bridgehead atoms. The smallest absolute Gasteiger partial charge is 0.194 e. The molecule has 0 radical (unpaired) electrons. The summed E-state index contributed by atoms with van der Waals surface area (Å²) < 4.78 is 21.6. The lowest BCUT2D eigenvalue weighted by Crippen LogP contribution is -1.97. The Kier molecular flexibility index (Phi) is 3.41. The van der Waals surface area contributed by atoms with E-state index in [-0.39, 0.29) is 5.78 Å². The Morgan fingerprint density at radius 3 is 1.36 bits per heavy atom. The molecule has 0 aromatic heterocycles. The number of rotatable bonds is 4. The molecule has 2 aromatic carbocycles. The van der Waals surface area contributed by atoms with Crippen LogP contribution in [0.2, 0.25) is 0 Å². The van der Waals surface area contributed by atoms with Crippen molar-refractivity contribution in [3.8, 4) is 34.1 Å². The molecule has 0 spiro atoms. The van der Waals surface area contributed by atoms with Crippen LogP contribution in [0.25, 0.3) is 11.1 Å².